The molecule has 0 radical (unpaired) electrons. The lowest BCUT2D eigenvalue weighted by molar-refractivity contribution is -0.442. The van der Waals surface area contributed by atoms with Gasteiger partial charge >= 0.3 is 6.16 Å². The summed E-state index contributed by atoms with van der Waals surface area (Å²) in [7, 11) is 0. The van der Waals surface area contributed by atoms with Crippen LogP contribution in [0, 0.1) is 0 Å². The van der Waals surface area contributed by atoms with Gasteiger partial charge in [-0.15, -0.1) is 0 Å². The molecule has 1 aliphatic rings. The van der Waals surface area contributed by atoms with Crippen LogP contribution in [-0.4, -0.2) is 32.4 Å². The lowest BCUT2D eigenvalue weighted by Crippen LogP contribution is -2.32. The molecule has 1 rings (SSSR count). The van der Waals surface area contributed by atoms with Gasteiger partial charge < -0.3 is 29.9 Å². The zero-order valence-electron chi connectivity index (χ0n) is 9.43. The maximum atomic E-state index is 9.91. The summed E-state index contributed by atoms with van der Waals surface area (Å²) in [5.74, 6) is -1.02. The number of ether oxygens (including phenoxy) is 2. The van der Waals surface area contributed by atoms with E-state index in [0.29, 0.717) is 12.8 Å². The van der Waals surface area contributed by atoms with Gasteiger partial charge in [-0.2, -0.15) is 0 Å². The standard InChI is InChI=1S/C10H18O6/c1-7(8(2)16-10(12,13)14)15-9(11)5-3-4-6-9/h11-14H,3-6H2,1-2H3. The number of aliphatic hydroxyl groups is 4. The third kappa shape index (κ3) is 3.97. The normalized spacial score (nSPS) is 21.6. The van der Waals surface area contributed by atoms with Crippen LogP contribution in [-0.2, 0) is 9.47 Å². The van der Waals surface area contributed by atoms with Gasteiger partial charge in [0.15, 0.2) is 0 Å². The fraction of sp³-hybridized carbons (Fsp3) is 0.800. The fourth-order valence-corrected chi connectivity index (χ4v) is 1.66. The van der Waals surface area contributed by atoms with E-state index in [1.165, 1.54) is 13.8 Å². The summed E-state index contributed by atoms with van der Waals surface area (Å²) in [6.07, 6.45) is -0.408. The van der Waals surface area contributed by atoms with E-state index in [-0.39, 0.29) is 11.5 Å². The molecule has 0 spiro atoms. The highest BCUT2D eigenvalue weighted by atomic mass is 16.9. The van der Waals surface area contributed by atoms with E-state index in [4.69, 9.17) is 20.1 Å². The van der Waals surface area contributed by atoms with Crippen LogP contribution in [0.25, 0.3) is 0 Å². The first-order valence-corrected chi connectivity index (χ1v) is 5.17. The summed E-state index contributed by atoms with van der Waals surface area (Å²) in [4.78, 5) is 0. The van der Waals surface area contributed by atoms with Crippen molar-refractivity contribution in [3.05, 3.63) is 11.5 Å². The van der Waals surface area contributed by atoms with Crippen molar-refractivity contribution in [3.8, 4) is 0 Å². The third-order valence-corrected chi connectivity index (χ3v) is 2.51. The molecule has 0 amide bonds. The largest absolute Gasteiger partial charge is 0.464 e. The zero-order chi connectivity index (χ0) is 12.4. The van der Waals surface area contributed by atoms with E-state index in [0.717, 1.165) is 12.8 Å². The van der Waals surface area contributed by atoms with Gasteiger partial charge in [-0.3, -0.25) is 0 Å². The topological polar surface area (TPSA) is 99.4 Å². The van der Waals surface area contributed by atoms with E-state index in [1.54, 1.807) is 0 Å². The Kier molecular flexibility index (Phi) is 3.80. The molecular weight excluding hydrogens is 216 g/mol. The van der Waals surface area contributed by atoms with Crippen LogP contribution >= 0.6 is 0 Å². The first-order valence-electron chi connectivity index (χ1n) is 5.17. The van der Waals surface area contributed by atoms with E-state index in [9.17, 15) is 5.11 Å². The van der Waals surface area contributed by atoms with Crippen molar-refractivity contribution in [2.45, 2.75) is 51.5 Å². The van der Waals surface area contributed by atoms with E-state index in [2.05, 4.69) is 4.74 Å². The molecule has 0 aromatic carbocycles. The summed E-state index contributed by atoms with van der Waals surface area (Å²) in [6, 6.07) is 0. The molecule has 0 unspecified atom stereocenters. The monoisotopic (exact) mass is 234 g/mol. The second-order valence-corrected chi connectivity index (χ2v) is 4.04. The van der Waals surface area contributed by atoms with Gasteiger partial charge in [0.05, 0.1) is 0 Å². The van der Waals surface area contributed by atoms with Gasteiger partial charge in [0.1, 0.15) is 11.5 Å². The van der Waals surface area contributed by atoms with Crippen molar-refractivity contribution < 1.29 is 29.9 Å². The zero-order valence-corrected chi connectivity index (χ0v) is 9.43. The van der Waals surface area contributed by atoms with Crippen LogP contribution < -0.4 is 0 Å². The molecule has 0 aromatic rings. The highest BCUT2D eigenvalue weighted by molar-refractivity contribution is 4.97. The maximum Gasteiger partial charge on any atom is 0.452 e. The summed E-state index contributed by atoms with van der Waals surface area (Å²) in [6.45, 7) is 2.91. The fourth-order valence-electron chi connectivity index (χ4n) is 1.66. The molecule has 0 atom stereocenters. The highest BCUT2D eigenvalue weighted by Gasteiger charge is 2.34. The molecule has 4 N–H and O–H groups in total. The SMILES string of the molecule is CC(OC(O)(O)O)=C(C)OC1(O)CCCC1. The number of allylic oxidation sites excluding steroid dienone is 2. The molecule has 0 aromatic heterocycles. The minimum Gasteiger partial charge on any atom is -0.464 e. The molecule has 1 aliphatic carbocycles. The van der Waals surface area contributed by atoms with Gasteiger partial charge in [-0.1, -0.05) is 0 Å². The van der Waals surface area contributed by atoms with Gasteiger partial charge in [0.25, 0.3) is 0 Å². The van der Waals surface area contributed by atoms with Gasteiger partial charge in [-0.05, 0) is 26.7 Å². The van der Waals surface area contributed by atoms with Crippen LogP contribution in [0.4, 0.5) is 0 Å². The van der Waals surface area contributed by atoms with Crippen LogP contribution in [0.5, 0.6) is 0 Å². The summed E-state index contributed by atoms with van der Waals surface area (Å²) in [5.41, 5.74) is 0. The Bertz CT molecular complexity index is 272. The lowest BCUT2D eigenvalue weighted by atomic mass is 10.2. The van der Waals surface area contributed by atoms with Gasteiger partial charge in [0.2, 0.25) is 5.79 Å². The molecule has 6 nitrogen and oxygen atoms in total. The quantitative estimate of drug-likeness (QED) is 0.407. The molecule has 1 saturated carbocycles. The second-order valence-electron chi connectivity index (χ2n) is 4.04. The van der Waals surface area contributed by atoms with E-state index < -0.39 is 11.9 Å². The first-order chi connectivity index (χ1) is 7.22. The Balaban J connectivity index is 2.61. The van der Waals surface area contributed by atoms with Crippen LogP contribution in [0.3, 0.4) is 0 Å². The lowest BCUT2D eigenvalue weighted by Gasteiger charge is -2.26. The Morgan fingerprint density at radius 3 is 2.00 bits per heavy atom. The van der Waals surface area contributed by atoms with Gasteiger partial charge in [0, 0.05) is 12.8 Å². The molecule has 0 bridgehead atoms. The average molecular weight is 234 g/mol. The molecule has 0 heterocycles. The maximum absolute atomic E-state index is 9.91. The minimum atomic E-state index is -3.23. The molecule has 16 heavy (non-hydrogen) atoms. The predicted octanol–water partition coefficient (Wildman–Crippen LogP) is 0.122. The smallest absolute Gasteiger partial charge is 0.452 e. The molecule has 0 saturated heterocycles. The molecule has 94 valence electrons. The van der Waals surface area contributed by atoms with Crippen LogP contribution in [0.2, 0.25) is 0 Å². The Hall–Kier alpha value is -0.820. The number of hydrogen-bond donors (Lipinski definition) is 4. The molecule has 6 heteroatoms. The Labute approximate surface area is 93.7 Å². The molecular formula is C10H18O6. The first kappa shape index (κ1) is 13.2. The van der Waals surface area contributed by atoms with Crippen molar-refractivity contribution >= 4 is 0 Å². The van der Waals surface area contributed by atoms with E-state index >= 15 is 0 Å². The molecule has 0 aliphatic heterocycles. The molecule has 1 fully saturated rings. The summed E-state index contributed by atoms with van der Waals surface area (Å²) >= 11 is 0. The highest BCUT2D eigenvalue weighted by Crippen LogP contribution is 2.33. The summed E-state index contributed by atoms with van der Waals surface area (Å²) < 4.78 is 9.65. The van der Waals surface area contributed by atoms with Crippen molar-refractivity contribution in [3.63, 3.8) is 0 Å². The van der Waals surface area contributed by atoms with Gasteiger partial charge in [-0.25, -0.2) is 0 Å². The minimum absolute atomic E-state index is 0.00664. The number of rotatable bonds is 4. The van der Waals surface area contributed by atoms with Crippen molar-refractivity contribution in [2.75, 3.05) is 0 Å². The van der Waals surface area contributed by atoms with Crippen molar-refractivity contribution in [1.29, 1.82) is 0 Å². The average Bonchev–Trinajstić information content (AvgIpc) is 2.48. The third-order valence-electron chi connectivity index (χ3n) is 2.51. The predicted molar refractivity (Wildman–Crippen MR) is 53.3 cm³/mol. The summed E-state index contributed by atoms with van der Waals surface area (Å²) in [5, 5.41) is 35.7. The Morgan fingerprint density at radius 1 is 1.06 bits per heavy atom. The van der Waals surface area contributed by atoms with Crippen LogP contribution in [0.15, 0.2) is 11.5 Å². The Morgan fingerprint density at radius 2 is 1.56 bits per heavy atom. The number of hydrogen-bond acceptors (Lipinski definition) is 6. The second kappa shape index (κ2) is 4.58. The van der Waals surface area contributed by atoms with Crippen molar-refractivity contribution in [2.24, 2.45) is 0 Å². The van der Waals surface area contributed by atoms with Crippen molar-refractivity contribution in [1.82, 2.24) is 0 Å². The van der Waals surface area contributed by atoms with Crippen LogP contribution in [0.1, 0.15) is 39.5 Å². The van der Waals surface area contributed by atoms with E-state index in [1.807, 2.05) is 0 Å².